The molecule has 2 N–H and O–H groups in total. The number of benzene rings is 1. The number of halogens is 1. The van der Waals surface area contributed by atoms with Gasteiger partial charge in [0.2, 0.25) is 5.91 Å². The van der Waals surface area contributed by atoms with Crippen molar-refractivity contribution in [3.63, 3.8) is 0 Å². The van der Waals surface area contributed by atoms with Gasteiger partial charge in [-0.1, -0.05) is 13.0 Å². The molecule has 0 aliphatic heterocycles. The summed E-state index contributed by atoms with van der Waals surface area (Å²) in [5.74, 6) is -0.849. The molecule has 1 rings (SSSR count). The van der Waals surface area contributed by atoms with Crippen molar-refractivity contribution >= 4 is 11.8 Å². The zero-order chi connectivity index (χ0) is 15.0. The van der Waals surface area contributed by atoms with Crippen molar-refractivity contribution in [1.29, 1.82) is 0 Å². The summed E-state index contributed by atoms with van der Waals surface area (Å²) >= 11 is 0. The normalized spacial score (nSPS) is 11.6. The predicted molar refractivity (Wildman–Crippen MR) is 72.8 cm³/mol. The third-order valence-corrected chi connectivity index (χ3v) is 2.49. The van der Waals surface area contributed by atoms with Gasteiger partial charge in [0.25, 0.3) is 5.91 Å². The summed E-state index contributed by atoms with van der Waals surface area (Å²) in [4.78, 5) is 23.1. The molecule has 110 valence electrons. The molecule has 6 heteroatoms. The van der Waals surface area contributed by atoms with E-state index in [9.17, 15) is 14.0 Å². The summed E-state index contributed by atoms with van der Waals surface area (Å²) in [6.45, 7) is 3.83. The molecule has 0 aliphatic carbocycles. The fourth-order valence-corrected chi connectivity index (χ4v) is 1.46. The van der Waals surface area contributed by atoms with Crippen LogP contribution in [0.15, 0.2) is 24.3 Å². The number of carbonyl (C=O) groups is 2. The van der Waals surface area contributed by atoms with Gasteiger partial charge in [-0.25, -0.2) is 4.39 Å². The molecule has 20 heavy (non-hydrogen) atoms. The molecule has 0 aromatic heterocycles. The van der Waals surface area contributed by atoms with Crippen molar-refractivity contribution in [2.75, 3.05) is 13.2 Å². The number of amides is 2. The van der Waals surface area contributed by atoms with Crippen molar-refractivity contribution in [2.45, 2.75) is 26.3 Å². The number of rotatable bonds is 7. The van der Waals surface area contributed by atoms with E-state index in [1.165, 1.54) is 18.2 Å². The maximum atomic E-state index is 12.9. The topological polar surface area (TPSA) is 67.4 Å². The average molecular weight is 282 g/mol. The fourth-order valence-electron chi connectivity index (χ4n) is 1.46. The number of hydrogen-bond acceptors (Lipinski definition) is 3. The second-order valence-electron chi connectivity index (χ2n) is 4.33. The van der Waals surface area contributed by atoms with Crippen molar-refractivity contribution in [3.8, 4) is 5.75 Å². The van der Waals surface area contributed by atoms with E-state index < -0.39 is 17.8 Å². The van der Waals surface area contributed by atoms with E-state index in [1.807, 2.05) is 6.92 Å². The van der Waals surface area contributed by atoms with E-state index in [-0.39, 0.29) is 18.3 Å². The molecule has 0 aliphatic rings. The van der Waals surface area contributed by atoms with Gasteiger partial charge in [-0.2, -0.15) is 0 Å². The molecular formula is C14H19FN2O3. The van der Waals surface area contributed by atoms with Crippen LogP contribution in [0.2, 0.25) is 0 Å². The van der Waals surface area contributed by atoms with Crippen LogP contribution in [-0.4, -0.2) is 31.0 Å². The van der Waals surface area contributed by atoms with E-state index in [4.69, 9.17) is 4.74 Å². The van der Waals surface area contributed by atoms with Crippen molar-refractivity contribution in [1.82, 2.24) is 10.6 Å². The Morgan fingerprint density at radius 2 is 2.15 bits per heavy atom. The molecule has 0 bridgehead atoms. The first-order valence-corrected chi connectivity index (χ1v) is 6.48. The Hall–Kier alpha value is -2.11. The van der Waals surface area contributed by atoms with Crippen molar-refractivity contribution in [2.24, 2.45) is 0 Å². The highest BCUT2D eigenvalue weighted by Gasteiger charge is 2.15. The Morgan fingerprint density at radius 3 is 2.80 bits per heavy atom. The Labute approximate surface area is 117 Å². The van der Waals surface area contributed by atoms with Gasteiger partial charge in [-0.05, 0) is 25.5 Å². The lowest BCUT2D eigenvalue weighted by Crippen LogP contribution is -2.46. The summed E-state index contributed by atoms with van der Waals surface area (Å²) in [5.41, 5.74) is 0. The standard InChI is InChI=1S/C14H19FN2O3/c1-3-7-16-14(19)10(2)17-13(18)9-20-12-6-4-5-11(15)8-12/h4-6,8,10H,3,7,9H2,1-2H3,(H,16,19)(H,17,18). The minimum atomic E-state index is -0.634. The highest BCUT2D eigenvalue weighted by atomic mass is 19.1. The third-order valence-electron chi connectivity index (χ3n) is 2.49. The van der Waals surface area contributed by atoms with Gasteiger partial charge in [0.1, 0.15) is 17.6 Å². The predicted octanol–water partition coefficient (Wildman–Crippen LogP) is 1.24. The van der Waals surface area contributed by atoms with E-state index in [0.29, 0.717) is 6.54 Å². The Kier molecular flexibility index (Phi) is 6.49. The summed E-state index contributed by atoms with van der Waals surface area (Å²) in [6.07, 6.45) is 0.828. The summed E-state index contributed by atoms with van der Waals surface area (Å²) in [5, 5.41) is 5.18. The van der Waals surface area contributed by atoms with Crippen LogP contribution in [0, 0.1) is 5.82 Å². The van der Waals surface area contributed by atoms with E-state index >= 15 is 0 Å². The van der Waals surface area contributed by atoms with Gasteiger partial charge in [0.05, 0.1) is 0 Å². The van der Waals surface area contributed by atoms with E-state index in [2.05, 4.69) is 10.6 Å². The summed E-state index contributed by atoms with van der Waals surface area (Å²) in [6, 6.07) is 4.87. The molecular weight excluding hydrogens is 263 g/mol. The Bertz CT molecular complexity index is 465. The number of carbonyl (C=O) groups excluding carboxylic acids is 2. The molecule has 5 nitrogen and oxygen atoms in total. The van der Waals surface area contributed by atoms with Crippen LogP contribution >= 0.6 is 0 Å². The highest BCUT2D eigenvalue weighted by Crippen LogP contribution is 2.11. The molecule has 1 aromatic rings. The molecule has 1 atom stereocenters. The number of ether oxygens (including phenoxy) is 1. The van der Waals surface area contributed by atoms with Gasteiger partial charge in [-0.15, -0.1) is 0 Å². The minimum Gasteiger partial charge on any atom is -0.484 e. The molecule has 0 radical (unpaired) electrons. The smallest absolute Gasteiger partial charge is 0.258 e. The molecule has 0 saturated carbocycles. The first kappa shape index (κ1) is 15.9. The molecule has 0 spiro atoms. The van der Waals surface area contributed by atoms with Crippen molar-refractivity contribution < 1.29 is 18.7 Å². The Balaban J connectivity index is 2.34. The van der Waals surface area contributed by atoms with Crippen LogP contribution in [0.25, 0.3) is 0 Å². The lowest BCUT2D eigenvalue weighted by molar-refractivity contribution is -0.129. The summed E-state index contributed by atoms with van der Waals surface area (Å²) < 4.78 is 18.0. The van der Waals surface area contributed by atoms with Gasteiger partial charge in [0, 0.05) is 12.6 Å². The second kappa shape index (κ2) is 8.14. The van der Waals surface area contributed by atoms with E-state index in [0.717, 1.165) is 6.42 Å². The Morgan fingerprint density at radius 1 is 1.40 bits per heavy atom. The highest BCUT2D eigenvalue weighted by molar-refractivity contribution is 5.87. The molecule has 0 fully saturated rings. The average Bonchev–Trinajstić information content (AvgIpc) is 2.42. The lowest BCUT2D eigenvalue weighted by atomic mass is 10.3. The molecule has 1 aromatic carbocycles. The third kappa shape index (κ3) is 5.69. The van der Waals surface area contributed by atoms with Crippen molar-refractivity contribution in [3.05, 3.63) is 30.1 Å². The van der Waals surface area contributed by atoms with Gasteiger partial charge >= 0.3 is 0 Å². The molecule has 2 amide bonds. The molecule has 0 heterocycles. The van der Waals surface area contributed by atoms with Gasteiger partial charge in [-0.3, -0.25) is 9.59 Å². The quantitative estimate of drug-likeness (QED) is 0.790. The zero-order valence-electron chi connectivity index (χ0n) is 11.6. The first-order chi connectivity index (χ1) is 9.52. The lowest BCUT2D eigenvalue weighted by Gasteiger charge is -2.14. The fraction of sp³-hybridized carbons (Fsp3) is 0.429. The zero-order valence-corrected chi connectivity index (χ0v) is 11.6. The monoisotopic (exact) mass is 282 g/mol. The van der Waals surface area contributed by atoms with Crippen LogP contribution in [0.4, 0.5) is 4.39 Å². The number of nitrogens with one attached hydrogen (secondary N) is 2. The van der Waals surface area contributed by atoms with Crippen LogP contribution in [0.1, 0.15) is 20.3 Å². The molecule has 1 unspecified atom stereocenters. The van der Waals surface area contributed by atoms with Gasteiger partial charge < -0.3 is 15.4 Å². The summed E-state index contributed by atoms with van der Waals surface area (Å²) in [7, 11) is 0. The minimum absolute atomic E-state index is 0.244. The van der Waals surface area contributed by atoms with Crippen LogP contribution in [-0.2, 0) is 9.59 Å². The SMILES string of the molecule is CCCNC(=O)C(C)NC(=O)COc1cccc(F)c1. The largest absolute Gasteiger partial charge is 0.484 e. The van der Waals surface area contributed by atoms with Gasteiger partial charge in [0.15, 0.2) is 6.61 Å². The van der Waals surface area contributed by atoms with Crippen LogP contribution < -0.4 is 15.4 Å². The van der Waals surface area contributed by atoms with Crippen LogP contribution in [0.3, 0.4) is 0 Å². The van der Waals surface area contributed by atoms with Crippen LogP contribution in [0.5, 0.6) is 5.75 Å². The first-order valence-electron chi connectivity index (χ1n) is 6.48. The molecule has 0 saturated heterocycles. The maximum Gasteiger partial charge on any atom is 0.258 e. The second-order valence-corrected chi connectivity index (χ2v) is 4.33. The number of hydrogen-bond donors (Lipinski definition) is 2. The van der Waals surface area contributed by atoms with E-state index in [1.54, 1.807) is 13.0 Å². The maximum absolute atomic E-state index is 12.9.